The summed E-state index contributed by atoms with van der Waals surface area (Å²) in [5, 5.41) is 28.3. The maximum absolute atomic E-state index is 9.53. The van der Waals surface area contributed by atoms with Gasteiger partial charge in [-0.3, -0.25) is 0 Å². The van der Waals surface area contributed by atoms with Gasteiger partial charge in [0.25, 0.3) is 11.4 Å². The maximum Gasteiger partial charge on any atom is 0.270 e. The van der Waals surface area contributed by atoms with E-state index >= 15 is 0 Å². The van der Waals surface area contributed by atoms with Gasteiger partial charge in [-0.15, -0.1) is 0 Å². The van der Waals surface area contributed by atoms with Gasteiger partial charge in [-0.25, -0.2) is 20.2 Å². The first-order chi connectivity index (χ1) is 14.6. The Morgan fingerprint density at radius 2 is 1.13 bits per heavy atom. The second-order valence-corrected chi connectivity index (χ2v) is 5.73. The van der Waals surface area contributed by atoms with Gasteiger partial charge in [-0.2, -0.15) is 0 Å². The van der Waals surface area contributed by atoms with Crippen molar-refractivity contribution in [1.29, 1.82) is 10.5 Å². The standard InChI is InChI=1S/C20H6N10/c1-25-17(9-21)19-13-5-3-12(28-30-24)8-16(13)20(18(10-22)26-2)14-6-4-11(27-29-23)7-15(14)19/h3-8H. The summed E-state index contributed by atoms with van der Waals surface area (Å²) >= 11 is 0. The smallest absolute Gasteiger partial charge is 0.226 e. The highest BCUT2D eigenvalue weighted by Crippen LogP contribution is 2.25. The third-order valence-electron chi connectivity index (χ3n) is 4.31. The molecule has 30 heavy (non-hydrogen) atoms. The fourth-order valence-electron chi connectivity index (χ4n) is 3.22. The van der Waals surface area contributed by atoms with Crippen molar-refractivity contribution >= 4 is 44.3 Å². The zero-order chi connectivity index (χ0) is 21.7. The molecule has 0 aliphatic carbocycles. The molecule has 0 saturated carbocycles. The number of azide groups is 2. The second-order valence-electron chi connectivity index (χ2n) is 5.73. The van der Waals surface area contributed by atoms with Crippen LogP contribution in [0.3, 0.4) is 0 Å². The normalized spacial score (nSPS) is 11.6. The fourth-order valence-corrected chi connectivity index (χ4v) is 3.22. The molecule has 3 aromatic rings. The molecule has 0 aliphatic heterocycles. The summed E-state index contributed by atoms with van der Waals surface area (Å²) in [6.07, 6.45) is 0. The number of hydrogen-bond donors (Lipinski definition) is 0. The van der Waals surface area contributed by atoms with Gasteiger partial charge < -0.3 is 0 Å². The van der Waals surface area contributed by atoms with E-state index in [0.717, 1.165) is 0 Å². The van der Waals surface area contributed by atoms with E-state index in [1.807, 2.05) is 12.1 Å². The zero-order valence-corrected chi connectivity index (χ0v) is 14.9. The van der Waals surface area contributed by atoms with Crippen molar-refractivity contribution in [3.05, 3.63) is 90.6 Å². The highest BCUT2D eigenvalue weighted by Gasteiger charge is 2.13. The van der Waals surface area contributed by atoms with Crippen LogP contribution in [0, 0.1) is 35.8 Å². The van der Waals surface area contributed by atoms with Crippen LogP contribution in [-0.2, 0) is 0 Å². The minimum absolute atomic E-state index is 0.215. The van der Waals surface area contributed by atoms with E-state index in [-0.39, 0.29) is 33.2 Å². The number of nitrogens with zero attached hydrogens (tertiary/aromatic N) is 10. The summed E-state index contributed by atoms with van der Waals surface area (Å²) in [5.41, 5.74) is 17.6. The highest BCUT2D eigenvalue weighted by molar-refractivity contribution is 6.05. The molecule has 0 amide bonds. The van der Waals surface area contributed by atoms with Gasteiger partial charge >= 0.3 is 0 Å². The van der Waals surface area contributed by atoms with Crippen LogP contribution in [0.15, 0.2) is 46.6 Å². The Morgan fingerprint density at radius 3 is 1.43 bits per heavy atom. The van der Waals surface area contributed by atoms with Crippen molar-refractivity contribution in [3.8, 4) is 12.1 Å². The van der Waals surface area contributed by atoms with Crippen LogP contribution in [0.5, 0.6) is 0 Å². The Morgan fingerprint density at radius 1 is 0.733 bits per heavy atom. The molecule has 0 atom stereocenters. The van der Waals surface area contributed by atoms with Gasteiger partial charge in [0.2, 0.25) is 0 Å². The molecule has 136 valence electrons. The van der Waals surface area contributed by atoms with Gasteiger partial charge in [-0.05, 0) is 44.7 Å². The molecule has 10 heteroatoms. The zero-order valence-electron chi connectivity index (χ0n) is 14.9. The predicted octanol–water partition coefficient (Wildman–Crippen LogP) is 4.98. The molecule has 0 aromatic heterocycles. The van der Waals surface area contributed by atoms with Crippen LogP contribution in [-0.4, -0.2) is 0 Å². The molecular weight excluding hydrogens is 380 g/mol. The van der Waals surface area contributed by atoms with Crippen molar-refractivity contribution in [2.24, 2.45) is 10.2 Å². The quantitative estimate of drug-likeness (QED) is 0.200. The summed E-state index contributed by atoms with van der Waals surface area (Å²) < 4.78 is 0. The number of benzene rings is 3. The molecule has 0 aliphatic rings. The van der Waals surface area contributed by atoms with Gasteiger partial charge in [0, 0.05) is 31.6 Å². The molecule has 0 bridgehead atoms. The van der Waals surface area contributed by atoms with Crippen LogP contribution < -0.4 is 10.4 Å². The van der Waals surface area contributed by atoms with Crippen LogP contribution in [0.4, 0.5) is 11.4 Å². The van der Waals surface area contributed by atoms with E-state index in [2.05, 4.69) is 29.7 Å². The van der Waals surface area contributed by atoms with E-state index in [4.69, 9.17) is 24.2 Å². The first-order valence-corrected chi connectivity index (χ1v) is 8.06. The Labute approximate surface area is 168 Å². The Hall–Kier alpha value is -5.50. The first-order valence-electron chi connectivity index (χ1n) is 8.06. The van der Waals surface area contributed by atoms with Crippen LogP contribution in [0.25, 0.3) is 63.5 Å². The van der Waals surface area contributed by atoms with Crippen LogP contribution in [0.2, 0.25) is 0 Å². The minimum Gasteiger partial charge on any atom is -0.226 e. The Bertz CT molecular complexity index is 1480. The summed E-state index contributed by atoms with van der Waals surface area (Å²) in [6.45, 7) is 14.8. The average Bonchev–Trinajstić information content (AvgIpc) is 2.76. The van der Waals surface area contributed by atoms with Crippen molar-refractivity contribution in [2.75, 3.05) is 0 Å². The topological polar surface area (TPSA) is 154 Å². The third kappa shape index (κ3) is 3.04. The number of nitriles is 2. The number of rotatable bonds is 2. The Kier molecular flexibility index (Phi) is 5.15. The van der Waals surface area contributed by atoms with Gasteiger partial charge in [0.05, 0.1) is 25.3 Å². The first kappa shape index (κ1) is 19.3. The van der Waals surface area contributed by atoms with Crippen LogP contribution in [0.1, 0.15) is 0 Å². The van der Waals surface area contributed by atoms with E-state index in [1.165, 1.54) is 24.3 Å². The summed E-state index contributed by atoms with van der Waals surface area (Å²) in [7, 11) is 0. The molecule has 10 nitrogen and oxygen atoms in total. The van der Waals surface area contributed by atoms with Crippen molar-refractivity contribution in [2.45, 2.75) is 0 Å². The van der Waals surface area contributed by atoms with Gasteiger partial charge in [-0.1, -0.05) is 34.5 Å². The molecule has 0 saturated heterocycles. The summed E-state index contributed by atoms with van der Waals surface area (Å²) in [5.74, 6) is 0. The lowest BCUT2D eigenvalue weighted by atomic mass is 9.95. The number of hydrogen-bond acceptors (Lipinski definition) is 4. The third-order valence-corrected chi connectivity index (χ3v) is 4.31. The molecule has 0 heterocycles. The fraction of sp³-hybridized carbons (Fsp3) is 0. The molecule has 0 fully saturated rings. The van der Waals surface area contributed by atoms with Gasteiger partial charge in [0.15, 0.2) is 0 Å². The molecule has 3 aromatic carbocycles. The van der Waals surface area contributed by atoms with E-state index in [1.54, 1.807) is 12.1 Å². The van der Waals surface area contributed by atoms with Crippen molar-refractivity contribution < 1.29 is 0 Å². The van der Waals surface area contributed by atoms with Crippen molar-refractivity contribution in [3.63, 3.8) is 0 Å². The SMILES string of the molecule is [C-]#[N+]C(C#N)=c1c2ccc(N=[N+]=[N-])cc2c(=C(C#N)[N+]#[C-])c2ccc(N=[N+]=[N-])cc12. The van der Waals surface area contributed by atoms with E-state index < -0.39 is 0 Å². The monoisotopic (exact) mass is 386 g/mol. The lowest BCUT2D eigenvalue weighted by Crippen LogP contribution is -2.17. The van der Waals surface area contributed by atoms with E-state index in [0.29, 0.717) is 21.5 Å². The molecule has 0 spiro atoms. The van der Waals surface area contributed by atoms with Crippen molar-refractivity contribution in [1.82, 2.24) is 0 Å². The molecule has 0 N–H and O–H groups in total. The highest BCUT2D eigenvalue weighted by atomic mass is 15.1. The summed E-state index contributed by atoms with van der Waals surface area (Å²) in [4.78, 5) is 12.1. The predicted molar refractivity (Wildman–Crippen MR) is 110 cm³/mol. The summed E-state index contributed by atoms with van der Waals surface area (Å²) in [6, 6.07) is 12.8. The van der Waals surface area contributed by atoms with Gasteiger partial charge in [0.1, 0.15) is 0 Å². The molecule has 0 unspecified atom stereocenters. The van der Waals surface area contributed by atoms with E-state index in [9.17, 15) is 10.5 Å². The van der Waals surface area contributed by atoms with Crippen LogP contribution >= 0.6 is 0 Å². The molecule has 3 rings (SSSR count). The molecular formula is C20H6N10. The number of fused-ring (bicyclic) bond motifs is 2. The Balaban J connectivity index is 2.91. The second kappa shape index (κ2) is 8.03. The largest absolute Gasteiger partial charge is 0.270 e. The lowest BCUT2D eigenvalue weighted by Gasteiger charge is -2.10. The average molecular weight is 386 g/mol. The minimum atomic E-state index is -0.215. The maximum atomic E-state index is 9.53. The molecule has 0 radical (unpaired) electrons. The lowest BCUT2D eigenvalue weighted by molar-refractivity contribution is 1.48.